The Morgan fingerprint density at radius 2 is 1.89 bits per heavy atom. The monoisotopic (exact) mass is 539 g/mol. The van der Waals surface area contributed by atoms with E-state index in [-0.39, 0.29) is 17.6 Å². The second-order valence-electron chi connectivity index (χ2n) is 14.2. The van der Waals surface area contributed by atoms with Crippen LogP contribution in [0.25, 0.3) is 0 Å². The molecule has 0 saturated heterocycles. The first-order valence-corrected chi connectivity index (χ1v) is 15.9. The van der Waals surface area contributed by atoms with Gasteiger partial charge in [0.15, 0.2) is 0 Å². The molecule has 1 aromatic carbocycles. The molecule has 1 aromatic rings. The molecule has 3 fully saturated rings. The number of carbonyl (C=O) groups excluding carboxylic acids is 1. The SMILES string of the molecule is CC(C)CCC[C@@H](C)[C@H]1CC[C@H]2[C@H]3CC=C4C[C@@H](OC(=O)Nc5cccc(Cl)c5)CC[C@]4(C)[C@@H]3CC[C@]12C. The molecule has 4 aliphatic rings. The average Bonchev–Trinajstić information content (AvgIpc) is 3.21. The third-order valence-corrected chi connectivity index (χ3v) is 11.8. The van der Waals surface area contributed by atoms with Crippen molar-refractivity contribution in [3.63, 3.8) is 0 Å². The van der Waals surface area contributed by atoms with Gasteiger partial charge in [0.05, 0.1) is 0 Å². The van der Waals surface area contributed by atoms with Gasteiger partial charge in [-0.2, -0.15) is 0 Å². The van der Waals surface area contributed by atoms with E-state index in [2.05, 4.69) is 46.0 Å². The van der Waals surface area contributed by atoms with Crippen molar-refractivity contribution in [3.8, 4) is 0 Å². The van der Waals surface area contributed by atoms with Gasteiger partial charge in [0.25, 0.3) is 0 Å². The lowest BCUT2D eigenvalue weighted by molar-refractivity contribution is -0.0577. The van der Waals surface area contributed by atoms with Crippen LogP contribution < -0.4 is 5.32 Å². The largest absolute Gasteiger partial charge is 0.446 e. The molecule has 0 heterocycles. The fourth-order valence-corrected chi connectivity index (χ4v) is 9.81. The molecule has 5 rings (SSSR count). The Hall–Kier alpha value is -1.48. The van der Waals surface area contributed by atoms with E-state index in [9.17, 15) is 4.79 Å². The van der Waals surface area contributed by atoms with E-state index in [0.717, 1.165) is 54.8 Å². The van der Waals surface area contributed by atoms with Crippen molar-refractivity contribution >= 4 is 23.4 Å². The highest BCUT2D eigenvalue weighted by Crippen LogP contribution is 2.67. The van der Waals surface area contributed by atoms with Gasteiger partial charge in [-0.05, 0) is 109 Å². The van der Waals surface area contributed by atoms with Gasteiger partial charge in [-0.15, -0.1) is 0 Å². The summed E-state index contributed by atoms with van der Waals surface area (Å²) in [5, 5.41) is 3.46. The molecule has 1 amide bonds. The fourth-order valence-electron chi connectivity index (χ4n) is 9.62. The van der Waals surface area contributed by atoms with Gasteiger partial charge in [-0.1, -0.05) is 83.2 Å². The second kappa shape index (κ2) is 11.2. The van der Waals surface area contributed by atoms with Crippen LogP contribution in [0.1, 0.15) is 105 Å². The predicted molar refractivity (Wildman–Crippen MR) is 158 cm³/mol. The molecule has 38 heavy (non-hydrogen) atoms. The van der Waals surface area contributed by atoms with Crippen LogP contribution in [0, 0.1) is 46.3 Å². The summed E-state index contributed by atoms with van der Waals surface area (Å²) in [5.41, 5.74) is 3.04. The highest BCUT2D eigenvalue weighted by atomic mass is 35.5. The Kier molecular flexibility index (Phi) is 8.26. The third kappa shape index (κ3) is 5.43. The summed E-state index contributed by atoms with van der Waals surface area (Å²) in [5.74, 6) is 5.09. The summed E-state index contributed by atoms with van der Waals surface area (Å²) < 4.78 is 5.90. The van der Waals surface area contributed by atoms with E-state index >= 15 is 0 Å². The van der Waals surface area contributed by atoms with E-state index < -0.39 is 0 Å². The molecular formula is C34H50ClNO2. The summed E-state index contributed by atoms with van der Waals surface area (Å²) in [6, 6.07) is 7.23. The molecule has 0 radical (unpaired) electrons. The highest BCUT2D eigenvalue weighted by Gasteiger charge is 2.59. The van der Waals surface area contributed by atoms with Crippen LogP contribution in [0.3, 0.4) is 0 Å². The Balaban J connectivity index is 1.22. The maximum absolute atomic E-state index is 12.6. The predicted octanol–water partition coefficient (Wildman–Crippen LogP) is 10.3. The Morgan fingerprint density at radius 3 is 2.66 bits per heavy atom. The smallest absolute Gasteiger partial charge is 0.411 e. The number of hydrogen-bond acceptors (Lipinski definition) is 2. The van der Waals surface area contributed by atoms with E-state index in [1.54, 1.807) is 17.7 Å². The number of hydrogen-bond donors (Lipinski definition) is 1. The van der Waals surface area contributed by atoms with Gasteiger partial charge in [-0.25, -0.2) is 4.79 Å². The zero-order chi connectivity index (χ0) is 27.1. The Labute approximate surface area is 236 Å². The summed E-state index contributed by atoms with van der Waals surface area (Å²) in [6.07, 6.45) is 16.2. The summed E-state index contributed by atoms with van der Waals surface area (Å²) >= 11 is 6.06. The van der Waals surface area contributed by atoms with E-state index in [1.807, 2.05) is 12.1 Å². The van der Waals surface area contributed by atoms with Crippen LogP contribution in [-0.2, 0) is 4.74 Å². The number of anilines is 1. The number of rotatable bonds is 7. The zero-order valence-corrected chi connectivity index (χ0v) is 25.2. The molecule has 1 N–H and O–H groups in total. The molecule has 210 valence electrons. The number of allylic oxidation sites excluding steroid dienone is 1. The van der Waals surface area contributed by atoms with E-state index in [1.165, 1.54) is 51.4 Å². The summed E-state index contributed by atoms with van der Waals surface area (Å²) in [7, 11) is 0. The molecule has 3 saturated carbocycles. The Morgan fingerprint density at radius 1 is 1.08 bits per heavy atom. The number of nitrogens with one attached hydrogen (secondary N) is 1. The van der Waals surface area contributed by atoms with Crippen LogP contribution in [0.15, 0.2) is 35.9 Å². The standard InChI is InChI=1S/C34H50ClNO2/c1-22(2)8-6-9-23(3)29-14-15-30-28-13-12-24-20-27(38-32(37)36-26-11-7-10-25(35)21-26)16-18-33(24,4)31(28)17-19-34(29,30)5/h7,10-12,21-23,27-31H,6,8-9,13-20H2,1-5H3,(H,36,37)/t23-,27+,28-,29-,30+,31-,33+,34-/m1/s1. The molecular weight excluding hydrogens is 490 g/mol. The van der Waals surface area contributed by atoms with Crippen molar-refractivity contribution in [3.05, 3.63) is 40.9 Å². The molecule has 0 aromatic heterocycles. The lowest BCUT2D eigenvalue weighted by Gasteiger charge is -2.58. The molecule has 0 aliphatic heterocycles. The van der Waals surface area contributed by atoms with Gasteiger partial charge in [0, 0.05) is 17.1 Å². The Bertz CT molecular complexity index is 1040. The highest BCUT2D eigenvalue weighted by molar-refractivity contribution is 6.30. The number of benzene rings is 1. The minimum Gasteiger partial charge on any atom is -0.446 e. The quantitative estimate of drug-likeness (QED) is 0.350. The van der Waals surface area contributed by atoms with Gasteiger partial charge < -0.3 is 4.74 Å². The minimum atomic E-state index is -0.372. The number of ether oxygens (including phenoxy) is 1. The fraction of sp³-hybridized carbons (Fsp3) is 0.735. The molecule has 0 bridgehead atoms. The third-order valence-electron chi connectivity index (χ3n) is 11.6. The average molecular weight is 540 g/mol. The number of fused-ring (bicyclic) bond motifs is 5. The zero-order valence-electron chi connectivity index (χ0n) is 24.4. The maximum atomic E-state index is 12.6. The number of amides is 1. The van der Waals surface area contributed by atoms with Gasteiger partial charge >= 0.3 is 6.09 Å². The number of halogens is 1. The summed E-state index contributed by atoms with van der Waals surface area (Å²) in [4.78, 5) is 12.6. The molecule has 8 atom stereocenters. The molecule has 4 aliphatic carbocycles. The van der Waals surface area contributed by atoms with Gasteiger partial charge in [0.1, 0.15) is 6.10 Å². The molecule has 4 heteroatoms. The van der Waals surface area contributed by atoms with E-state index in [4.69, 9.17) is 16.3 Å². The topological polar surface area (TPSA) is 38.3 Å². The van der Waals surface area contributed by atoms with Crippen LogP contribution in [-0.4, -0.2) is 12.2 Å². The van der Waals surface area contributed by atoms with Gasteiger partial charge in [-0.3, -0.25) is 5.32 Å². The normalized spacial score (nSPS) is 37.0. The van der Waals surface area contributed by atoms with Crippen LogP contribution in [0.2, 0.25) is 5.02 Å². The lowest BCUT2D eigenvalue weighted by Crippen LogP contribution is -2.51. The molecule has 0 unspecified atom stereocenters. The van der Waals surface area contributed by atoms with Crippen LogP contribution in [0.4, 0.5) is 10.5 Å². The first-order valence-electron chi connectivity index (χ1n) is 15.5. The lowest BCUT2D eigenvalue weighted by atomic mass is 9.47. The molecule has 3 nitrogen and oxygen atoms in total. The first-order chi connectivity index (χ1) is 18.1. The second-order valence-corrected chi connectivity index (χ2v) is 14.6. The van der Waals surface area contributed by atoms with Crippen molar-refractivity contribution in [2.75, 3.05) is 5.32 Å². The number of carbonyl (C=O) groups is 1. The maximum Gasteiger partial charge on any atom is 0.411 e. The molecule has 0 spiro atoms. The summed E-state index contributed by atoms with van der Waals surface area (Å²) in [6.45, 7) is 12.5. The van der Waals surface area contributed by atoms with Crippen LogP contribution >= 0.6 is 11.6 Å². The van der Waals surface area contributed by atoms with Crippen molar-refractivity contribution in [1.29, 1.82) is 0 Å². The van der Waals surface area contributed by atoms with Crippen molar-refractivity contribution in [2.24, 2.45) is 46.3 Å². The van der Waals surface area contributed by atoms with Gasteiger partial charge in [0.2, 0.25) is 0 Å². The van der Waals surface area contributed by atoms with Crippen molar-refractivity contribution in [2.45, 2.75) is 111 Å². The van der Waals surface area contributed by atoms with Crippen molar-refractivity contribution in [1.82, 2.24) is 0 Å². The van der Waals surface area contributed by atoms with Crippen LogP contribution in [0.5, 0.6) is 0 Å². The first kappa shape index (κ1) is 28.1. The van der Waals surface area contributed by atoms with E-state index in [0.29, 0.717) is 16.1 Å². The van der Waals surface area contributed by atoms with Crippen molar-refractivity contribution < 1.29 is 9.53 Å². The minimum absolute atomic E-state index is 0.0403.